The van der Waals surface area contributed by atoms with Crippen LogP contribution in [0.25, 0.3) is 10.2 Å². The van der Waals surface area contributed by atoms with Crippen LogP contribution in [0.1, 0.15) is 34.7 Å². The second-order valence-corrected chi connectivity index (χ2v) is 7.03. The third-order valence-electron chi connectivity index (χ3n) is 4.32. The molecule has 0 radical (unpaired) electrons. The zero-order valence-corrected chi connectivity index (χ0v) is 13.8. The lowest BCUT2D eigenvalue weighted by Gasteiger charge is -2.14. The Morgan fingerprint density at radius 1 is 1.05 bits per heavy atom. The molecule has 1 N–H and O–H groups in total. The Balaban J connectivity index is 1.89. The highest BCUT2D eigenvalue weighted by Crippen LogP contribution is 2.39. The zero-order valence-electron chi connectivity index (χ0n) is 12.9. The van der Waals surface area contributed by atoms with Gasteiger partial charge in [0.05, 0.1) is 5.39 Å². The molecule has 0 aliphatic heterocycles. The smallest absolute Gasteiger partial charge is 0.143 e. The lowest BCUT2D eigenvalue weighted by atomic mass is 9.97. The SMILES string of the molecule is Cc1nc(Nc2ccccc2C)c2c3c(sc2n1)CCCC3. The van der Waals surface area contributed by atoms with Crippen LogP contribution in [0, 0.1) is 13.8 Å². The maximum absolute atomic E-state index is 4.70. The van der Waals surface area contributed by atoms with E-state index in [1.807, 2.05) is 18.3 Å². The molecule has 1 aliphatic rings. The number of hydrogen-bond donors (Lipinski definition) is 1. The first kappa shape index (κ1) is 13.7. The van der Waals surface area contributed by atoms with Gasteiger partial charge in [-0.3, -0.25) is 0 Å². The van der Waals surface area contributed by atoms with Crippen LogP contribution >= 0.6 is 11.3 Å². The fraction of sp³-hybridized carbons (Fsp3) is 0.333. The highest BCUT2D eigenvalue weighted by molar-refractivity contribution is 7.19. The molecular weight excluding hydrogens is 290 g/mol. The summed E-state index contributed by atoms with van der Waals surface area (Å²) >= 11 is 1.85. The van der Waals surface area contributed by atoms with Gasteiger partial charge in [-0.1, -0.05) is 18.2 Å². The molecule has 0 amide bonds. The van der Waals surface area contributed by atoms with Crippen molar-refractivity contribution in [3.05, 3.63) is 46.1 Å². The van der Waals surface area contributed by atoms with E-state index in [2.05, 4.69) is 41.5 Å². The average Bonchev–Trinajstić information content (AvgIpc) is 2.87. The summed E-state index contributed by atoms with van der Waals surface area (Å²) in [6.07, 6.45) is 4.92. The Bertz CT molecular complexity index is 851. The van der Waals surface area contributed by atoms with Crippen molar-refractivity contribution in [1.82, 2.24) is 9.97 Å². The van der Waals surface area contributed by atoms with Gasteiger partial charge in [0.2, 0.25) is 0 Å². The maximum atomic E-state index is 4.70. The topological polar surface area (TPSA) is 37.8 Å². The summed E-state index contributed by atoms with van der Waals surface area (Å²) in [4.78, 5) is 12.0. The van der Waals surface area contributed by atoms with Crippen molar-refractivity contribution in [2.75, 3.05) is 5.32 Å². The summed E-state index contributed by atoms with van der Waals surface area (Å²) in [5.41, 5.74) is 3.83. The van der Waals surface area contributed by atoms with Crippen molar-refractivity contribution >= 4 is 33.1 Å². The van der Waals surface area contributed by atoms with Gasteiger partial charge in [-0.2, -0.15) is 0 Å². The van der Waals surface area contributed by atoms with Gasteiger partial charge < -0.3 is 5.32 Å². The van der Waals surface area contributed by atoms with E-state index in [1.165, 1.54) is 40.7 Å². The number of benzene rings is 1. The number of thiophene rings is 1. The number of nitrogens with zero attached hydrogens (tertiary/aromatic N) is 2. The Labute approximate surface area is 134 Å². The molecule has 0 spiro atoms. The van der Waals surface area contributed by atoms with E-state index < -0.39 is 0 Å². The minimum absolute atomic E-state index is 0.835. The fourth-order valence-electron chi connectivity index (χ4n) is 3.20. The van der Waals surface area contributed by atoms with Gasteiger partial charge in [-0.15, -0.1) is 11.3 Å². The van der Waals surface area contributed by atoms with Crippen molar-refractivity contribution in [2.45, 2.75) is 39.5 Å². The molecule has 4 rings (SSSR count). The fourth-order valence-corrected chi connectivity index (χ4v) is 4.50. The van der Waals surface area contributed by atoms with Crippen LogP contribution < -0.4 is 5.32 Å². The van der Waals surface area contributed by atoms with Crippen molar-refractivity contribution in [2.24, 2.45) is 0 Å². The number of hydrogen-bond acceptors (Lipinski definition) is 4. The first-order valence-electron chi connectivity index (χ1n) is 7.84. The van der Waals surface area contributed by atoms with Gasteiger partial charge in [-0.05, 0) is 56.7 Å². The van der Waals surface area contributed by atoms with E-state index in [-0.39, 0.29) is 0 Å². The molecule has 0 saturated carbocycles. The molecule has 3 nitrogen and oxygen atoms in total. The molecule has 0 fully saturated rings. The number of fused-ring (bicyclic) bond motifs is 3. The van der Waals surface area contributed by atoms with E-state index in [0.717, 1.165) is 28.6 Å². The molecule has 2 aromatic heterocycles. The molecule has 0 atom stereocenters. The first-order chi connectivity index (χ1) is 10.7. The molecule has 2 heterocycles. The van der Waals surface area contributed by atoms with Crippen molar-refractivity contribution in [1.29, 1.82) is 0 Å². The summed E-state index contributed by atoms with van der Waals surface area (Å²) < 4.78 is 0. The van der Waals surface area contributed by atoms with E-state index in [4.69, 9.17) is 4.98 Å². The van der Waals surface area contributed by atoms with Crippen molar-refractivity contribution in [3.63, 3.8) is 0 Å². The predicted octanol–water partition coefficient (Wildman–Crippen LogP) is 4.93. The van der Waals surface area contributed by atoms with E-state index >= 15 is 0 Å². The largest absolute Gasteiger partial charge is 0.339 e. The molecule has 1 aliphatic carbocycles. The highest BCUT2D eigenvalue weighted by atomic mass is 32.1. The minimum atomic E-state index is 0.835. The van der Waals surface area contributed by atoms with Crippen LogP contribution in [0.4, 0.5) is 11.5 Å². The number of rotatable bonds is 2. The summed E-state index contributed by atoms with van der Waals surface area (Å²) in [6, 6.07) is 8.35. The Morgan fingerprint density at radius 2 is 1.86 bits per heavy atom. The third kappa shape index (κ3) is 2.28. The lowest BCUT2D eigenvalue weighted by molar-refractivity contribution is 0.700. The number of anilines is 2. The van der Waals surface area contributed by atoms with Crippen LogP contribution in [-0.4, -0.2) is 9.97 Å². The molecule has 22 heavy (non-hydrogen) atoms. The lowest BCUT2D eigenvalue weighted by Crippen LogP contribution is -2.02. The summed E-state index contributed by atoms with van der Waals surface area (Å²) in [6.45, 7) is 4.10. The molecule has 0 saturated heterocycles. The highest BCUT2D eigenvalue weighted by Gasteiger charge is 2.20. The van der Waals surface area contributed by atoms with Crippen molar-refractivity contribution in [3.8, 4) is 0 Å². The standard InChI is InChI=1S/C18H19N3S/c1-11-7-3-5-9-14(11)21-17-16-13-8-4-6-10-15(13)22-18(16)20-12(2)19-17/h3,5,7,9H,4,6,8,10H2,1-2H3,(H,19,20,21). The van der Waals surface area contributed by atoms with Gasteiger partial charge in [0.15, 0.2) is 0 Å². The van der Waals surface area contributed by atoms with Crippen LogP contribution in [0.2, 0.25) is 0 Å². The number of aryl methyl sites for hydroxylation is 4. The van der Waals surface area contributed by atoms with E-state index in [0.29, 0.717) is 0 Å². The van der Waals surface area contributed by atoms with Gasteiger partial charge in [-0.25, -0.2) is 9.97 Å². The molecule has 0 unspecified atom stereocenters. The summed E-state index contributed by atoms with van der Waals surface area (Å²) in [5.74, 6) is 1.80. The van der Waals surface area contributed by atoms with Crippen LogP contribution in [0.15, 0.2) is 24.3 Å². The zero-order chi connectivity index (χ0) is 15.1. The van der Waals surface area contributed by atoms with Crippen LogP contribution in [0.3, 0.4) is 0 Å². The molecule has 1 aromatic carbocycles. The Hall–Kier alpha value is -1.94. The third-order valence-corrected chi connectivity index (χ3v) is 5.51. The molecule has 3 aromatic rings. The Kier molecular flexibility index (Phi) is 3.34. The first-order valence-corrected chi connectivity index (χ1v) is 8.65. The van der Waals surface area contributed by atoms with Crippen molar-refractivity contribution < 1.29 is 0 Å². The number of aromatic nitrogens is 2. The quantitative estimate of drug-likeness (QED) is 0.729. The van der Waals surface area contributed by atoms with Gasteiger partial charge in [0.25, 0.3) is 0 Å². The number of nitrogens with one attached hydrogen (secondary N) is 1. The average molecular weight is 309 g/mol. The number of para-hydroxylation sites is 1. The summed E-state index contributed by atoms with van der Waals surface area (Å²) in [7, 11) is 0. The normalized spacial score (nSPS) is 14.1. The Morgan fingerprint density at radius 3 is 2.73 bits per heavy atom. The minimum Gasteiger partial charge on any atom is -0.339 e. The second kappa shape index (κ2) is 5.36. The van der Waals surface area contributed by atoms with Gasteiger partial charge in [0, 0.05) is 10.6 Å². The second-order valence-electron chi connectivity index (χ2n) is 5.95. The van der Waals surface area contributed by atoms with Crippen LogP contribution in [-0.2, 0) is 12.8 Å². The molecular formula is C18H19N3S. The van der Waals surface area contributed by atoms with E-state index in [1.54, 1.807) is 0 Å². The predicted molar refractivity (Wildman–Crippen MR) is 93.3 cm³/mol. The van der Waals surface area contributed by atoms with E-state index in [9.17, 15) is 0 Å². The van der Waals surface area contributed by atoms with Gasteiger partial charge >= 0.3 is 0 Å². The molecule has 4 heteroatoms. The molecule has 112 valence electrons. The van der Waals surface area contributed by atoms with Gasteiger partial charge in [0.1, 0.15) is 16.5 Å². The van der Waals surface area contributed by atoms with Crippen LogP contribution in [0.5, 0.6) is 0 Å². The summed E-state index contributed by atoms with van der Waals surface area (Å²) in [5, 5.41) is 4.79. The molecule has 0 bridgehead atoms. The maximum Gasteiger partial charge on any atom is 0.143 e. The monoisotopic (exact) mass is 309 g/mol.